The van der Waals surface area contributed by atoms with Gasteiger partial charge in [0.2, 0.25) is 0 Å². The molecule has 0 saturated carbocycles. The number of carbonyl (C=O) groups excluding carboxylic acids is 1. The van der Waals surface area contributed by atoms with Gasteiger partial charge in [0, 0.05) is 30.9 Å². The van der Waals surface area contributed by atoms with E-state index in [1.807, 2.05) is 41.9 Å². The third kappa shape index (κ3) is 2.83. The number of aromatic nitrogens is 1. The molecule has 0 unspecified atom stereocenters. The number of fused-ring (bicyclic) bond motifs is 3. The van der Waals surface area contributed by atoms with Crippen LogP contribution in [0.3, 0.4) is 0 Å². The number of hydrogen-bond acceptors (Lipinski definition) is 3. The molecule has 3 saturated heterocycles. The van der Waals surface area contributed by atoms with E-state index < -0.39 is 0 Å². The molecule has 5 heteroatoms. The summed E-state index contributed by atoms with van der Waals surface area (Å²) in [4.78, 5) is 15.2. The highest BCUT2D eigenvalue weighted by Crippen LogP contribution is 2.28. The van der Waals surface area contributed by atoms with Crippen molar-refractivity contribution in [2.45, 2.75) is 18.9 Å². The summed E-state index contributed by atoms with van der Waals surface area (Å²) in [5.74, 6) is 0.579. The van der Waals surface area contributed by atoms with E-state index in [1.54, 1.807) is 6.07 Å². The number of nitrogens with zero attached hydrogens (tertiary/aromatic N) is 3. The Morgan fingerprint density at radius 3 is 2.64 bits per heavy atom. The van der Waals surface area contributed by atoms with Crippen LogP contribution in [-0.2, 0) is 7.05 Å². The minimum atomic E-state index is -0.0260. The van der Waals surface area contributed by atoms with Gasteiger partial charge in [0.05, 0.1) is 11.6 Å². The molecular formula is C20H22N4O. The second-order valence-electron chi connectivity index (χ2n) is 7.04. The Bertz CT molecular complexity index is 840. The first kappa shape index (κ1) is 15.9. The lowest BCUT2D eigenvalue weighted by Crippen LogP contribution is -2.57. The predicted molar refractivity (Wildman–Crippen MR) is 96.0 cm³/mol. The second kappa shape index (κ2) is 6.38. The fourth-order valence-electron chi connectivity index (χ4n) is 4.18. The summed E-state index contributed by atoms with van der Waals surface area (Å²) in [6, 6.07) is 13.7. The number of rotatable bonds is 3. The molecule has 1 aromatic carbocycles. The van der Waals surface area contributed by atoms with Gasteiger partial charge in [0.1, 0.15) is 5.69 Å². The maximum atomic E-state index is 12.8. The first-order valence-electron chi connectivity index (χ1n) is 8.86. The Morgan fingerprint density at radius 2 is 1.96 bits per heavy atom. The molecule has 3 aliphatic heterocycles. The van der Waals surface area contributed by atoms with Gasteiger partial charge in [-0.25, -0.2) is 0 Å². The van der Waals surface area contributed by atoms with E-state index in [9.17, 15) is 10.1 Å². The van der Waals surface area contributed by atoms with Crippen molar-refractivity contribution in [3.63, 3.8) is 0 Å². The van der Waals surface area contributed by atoms with Crippen LogP contribution in [0.5, 0.6) is 0 Å². The average Bonchev–Trinajstić information content (AvgIpc) is 3.04. The Kier molecular flexibility index (Phi) is 4.06. The third-order valence-corrected chi connectivity index (χ3v) is 5.65. The first-order valence-corrected chi connectivity index (χ1v) is 8.86. The van der Waals surface area contributed by atoms with Crippen molar-refractivity contribution in [3.8, 4) is 17.3 Å². The lowest BCUT2D eigenvalue weighted by Gasteiger charge is -2.44. The van der Waals surface area contributed by atoms with Gasteiger partial charge in [-0.2, -0.15) is 5.26 Å². The van der Waals surface area contributed by atoms with E-state index in [1.165, 1.54) is 12.8 Å². The average molecular weight is 334 g/mol. The minimum Gasteiger partial charge on any atom is -0.346 e. The first-order chi connectivity index (χ1) is 12.2. The number of amides is 1. The highest BCUT2D eigenvalue weighted by Gasteiger charge is 2.35. The molecule has 5 nitrogen and oxygen atoms in total. The van der Waals surface area contributed by atoms with Gasteiger partial charge < -0.3 is 14.8 Å². The summed E-state index contributed by atoms with van der Waals surface area (Å²) in [5.41, 5.74) is 3.00. The standard InChI is InChI=1S/C20H22N4O/c1-23-18(16-5-3-2-4-15(16)12-21)6-7-19(23)20(25)22-17-13-24-10-8-14(17)9-11-24/h2-7,14,17H,8-11,13H2,1H3,(H,22,25)/t17-/m0/s1. The Labute approximate surface area is 147 Å². The van der Waals surface area contributed by atoms with Crippen LogP contribution >= 0.6 is 0 Å². The molecule has 1 N–H and O–H groups in total. The van der Waals surface area contributed by atoms with Crippen LogP contribution in [0.4, 0.5) is 0 Å². The number of nitriles is 1. The van der Waals surface area contributed by atoms with E-state index in [4.69, 9.17) is 0 Å². The van der Waals surface area contributed by atoms with E-state index in [2.05, 4.69) is 16.3 Å². The van der Waals surface area contributed by atoms with E-state index in [0.29, 0.717) is 17.2 Å². The largest absolute Gasteiger partial charge is 0.346 e. The van der Waals surface area contributed by atoms with Crippen LogP contribution in [0, 0.1) is 17.2 Å². The Hall–Kier alpha value is -2.58. The number of nitrogens with one attached hydrogen (secondary N) is 1. The quantitative estimate of drug-likeness (QED) is 0.937. The maximum Gasteiger partial charge on any atom is 0.268 e. The normalized spacial score (nSPS) is 24.7. The monoisotopic (exact) mass is 334 g/mol. The summed E-state index contributed by atoms with van der Waals surface area (Å²) in [5, 5.41) is 12.6. The fourth-order valence-corrected chi connectivity index (χ4v) is 4.18. The van der Waals surface area contributed by atoms with E-state index >= 15 is 0 Å². The van der Waals surface area contributed by atoms with Gasteiger partial charge in [-0.1, -0.05) is 18.2 Å². The summed E-state index contributed by atoms with van der Waals surface area (Å²) in [6.07, 6.45) is 2.36. The summed E-state index contributed by atoms with van der Waals surface area (Å²) in [6.45, 7) is 3.29. The number of carbonyl (C=O) groups is 1. The summed E-state index contributed by atoms with van der Waals surface area (Å²) >= 11 is 0. The highest BCUT2D eigenvalue weighted by molar-refractivity contribution is 5.94. The molecule has 1 aromatic heterocycles. The molecule has 0 aliphatic carbocycles. The van der Waals surface area contributed by atoms with Gasteiger partial charge in [-0.15, -0.1) is 0 Å². The molecule has 2 bridgehead atoms. The highest BCUT2D eigenvalue weighted by atomic mass is 16.2. The molecule has 1 amide bonds. The van der Waals surface area contributed by atoms with Crippen molar-refractivity contribution in [1.82, 2.24) is 14.8 Å². The lowest BCUT2D eigenvalue weighted by atomic mass is 9.84. The zero-order valence-corrected chi connectivity index (χ0v) is 14.4. The van der Waals surface area contributed by atoms with Gasteiger partial charge in [-0.3, -0.25) is 4.79 Å². The summed E-state index contributed by atoms with van der Waals surface area (Å²) < 4.78 is 1.88. The third-order valence-electron chi connectivity index (χ3n) is 5.65. The van der Waals surface area contributed by atoms with E-state index in [0.717, 1.165) is 30.9 Å². The zero-order valence-electron chi connectivity index (χ0n) is 14.4. The van der Waals surface area contributed by atoms with Gasteiger partial charge in [0.15, 0.2) is 0 Å². The van der Waals surface area contributed by atoms with Crippen LogP contribution in [0.1, 0.15) is 28.9 Å². The molecule has 2 aromatic rings. The molecule has 0 radical (unpaired) electrons. The summed E-state index contributed by atoms with van der Waals surface area (Å²) in [7, 11) is 1.88. The van der Waals surface area contributed by atoms with Crippen molar-refractivity contribution >= 4 is 5.91 Å². The Morgan fingerprint density at radius 1 is 1.20 bits per heavy atom. The Balaban J connectivity index is 1.57. The number of hydrogen-bond donors (Lipinski definition) is 1. The topological polar surface area (TPSA) is 61.1 Å². The van der Waals surface area contributed by atoms with Crippen LogP contribution in [0.25, 0.3) is 11.3 Å². The fraction of sp³-hybridized carbons (Fsp3) is 0.400. The van der Waals surface area contributed by atoms with Crippen LogP contribution in [0.2, 0.25) is 0 Å². The van der Waals surface area contributed by atoms with Crippen molar-refractivity contribution in [2.24, 2.45) is 13.0 Å². The molecule has 3 fully saturated rings. The second-order valence-corrected chi connectivity index (χ2v) is 7.04. The van der Waals surface area contributed by atoms with Crippen molar-refractivity contribution in [2.75, 3.05) is 19.6 Å². The number of piperidine rings is 3. The van der Waals surface area contributed by atoms with Crippen molar-refractivity contribution in [1.29, 1.82) is 5.26 Å². The van der Waals surface area contributed by atoms with Crippen molar-refractivity contribution < 1.29 is 4.79 Å². The van der Waals surface area contributed by atoms with Gasteiger partial charge in [-0.05, 0) is 50.0 Å². The minimum absolute atomic E-state index is 0.0260. The van der Waals surface area contributed by atoms with Gasteiger partial charge >= 0.3 is 0 Å². The molecule has 128 valence electrons. The van der Waals surface area contributed by atoms with Crippen molar-refractivity contribution in [3.05, 3.63) is 47.7 Å². The smallest absolute Gasteiger partial charge is 0.268 e. The molecule has 4 heterocycles. The molecule has 1 atom stereocenters. The van der Waals surface area contributed by atoms with Crippen LogP contribution in [0.15, 0.2) is 36.4 Å². The SMILES string of the molecule is Cn1c(C(=O)N[C@H]2CN3CCC2CC3)ccc1-c1ccccc1C#N. The molecule has 25 heavy (non-hydrogen) atoms. The predicted octanol–water partition coefficient (Wildman–Crippen LogP) is 2.39. The van der Waals surface area contributed by atoms with Crippen LogP contribution < -0.4 is 5.32 Å². The molecular weight excluding hydrogens is 312 g/mol. The maximum absolute atomic E-state index is 12.8. The van der Waals surface area contributed by atoms with Gasteiger partial charge in [0.25, 0.3) is 5.91 Å². The molecule has 0 spiro atoms. The van der Waals surface area contributed by atoms with Crippen LogP contribution in [-0.4, -0.2) is 41.1 Å². The zero-order chi connectivity index (χ0) is 17.4. The number of benzene rings is 1. The molecule has 3 aliphatic rings. The van der Waals surface area contributed by atoms with E-state index in [-0.39, 0.29) is 11.9 Å². The lowest BCUT2D eigenvalue weighted by molar-refractivity contribution is 0.0616. The molecule has 5 rings (SSSR count).